The van der Waals surface area contributed by atoms with Gasteiger partial charge < -0.3 is 15.1 Å². The molecular formula is C17H25N3O. The van der Waals surface area contributed by atoms with Gasteiger partial charge in [-0.05, 0) is 56.5 Å². The summed E-state index contributed by atoms with van der Waals surface area (Å²) in [4.78, 5) is 16.9. The van der Waals surface area contributed by atoms with E-state index in [2.05, 4.69) is 41.4 Å². The summed E-state index contributed by atoms with van der Waals surface area (Å²) in [7, 11) is 0. The number of carbonyl (C=O) groups is 1. The molecule has 1 unspecified atom stereocenters. The quantitative estimate of drug-likeness (QED) is 0.923. The Balaban J connectivity index is 1.72. The molecule has 0 aromatic heterocycles. The van der Waals surface area contributed by atoms with Crippen molar-refractivity contribution < 1.29 is 4.79 Å². The summed E-state index contributed by atoms with van der Waals surface area (Å²) in [6.45, 7) is 6.05. The van der Waals surface area contributed by atoms with E-state index in [1.807, 2.05) is 4.90 Å². The van der Waals surface area contributed by atoms with Crippen molar-refractivity contribution >= 4 is 17.3 Å². The molecule has 4 heteroatoms. The number of piperidine rings is 1. The molecule has 2 aliphatic heterocycles. The number of hydrogen-bond acceptors (Lipinski definition) is 3. The zero-order valence-corrected chi connectivity index (χ0v) is 12.8. The number of carbonyl (C=O) groups excluding carboxylic acids is 1. The van der Waals surface area contributed by atoms with E-state index < -0.39 is 0 Å². The number of hydrogen-bond donors (Lipinski definition) is 1. The summed E-state index contributed by atoms with van der Waals surface area (Å²) < 4.78 is 0. The van der Waals surface area contributed by atoms with E-state index in [1.165, 1.54) is 18.5 Å². The third-order valence-electron chi connectivity index (χ3n) is 4.52. The van der Waals surface area contributed by atoms with Crippen LogP contribution in [0.25, 0.3) is 0 Å². The van der Waals surface area contributed by atoms with Crippen molar-refractivity contribution in [3.63, 3.8) is 0 Å². The van der Waals surface area contributed by atoms with E-state index >= 15 is 0 Å². The third kappa shape index (κ3) is 3.05. The highest BCUT2D eigenvalue weighted by atomic mass is 16.2. The van der Waals surface area contributed by atoms with Crippen LogP contribution in [-0.2, 0) is 4.79 Å². The molecule has 1 N–H and O–H groups in total. The summed E-state index contributed by atoms with van der Waals surface area (Å²) >= 11 is 0. The molecular weight excluding hydrogens is 262 g/mol. The second-order valence-electron chi connectivity index (χ2n) is 5.95. The van der Waals surface area contributed by atoms with Crippen LogP contribution in [0.4, 0.5) is 11.4 Å². The molecule has 3 rings (SSSR count). The minimum absolute atomic E-state index is 0.0120. The molecule has 2 heterocycles. The number of nitrogens with zero attached hydrogens (tertiary/aromatic N) is 2. The lowest BCUT2D eigenvalue weighted by Crippen LogP contribution is -2.50. The van der Waals surface area contributed by atoms with Crippen molar-refractivity contribution in [1.82, 2.24) is 5.32 Å². The van der Waals surface area contributed by atoms with Crippen molar-refractivity contribution in [2.45, 2.75) is 38.6 Å². The Morgan fingerprint density at radius 2 is 1.71 bits per heavy atom. The molecule has 0 radical (unpaired) electrons. The van der Waals surface area contributed by atoms with Crippen molar-refractivity contribution in [2.24, 2.45) is 0 Å². The fourth-order valence-electron chi connectivity index (χ4n) is 3.39. The molecule has 0 bridgehead atoms. The molecule has 114 valence electrons. The molecule has 21 heavy (non-hydrogen) atoms. The second-order valence-corrected chi connectivity index (χ2v) is 5.95. The maximum Gasteiger partial charge on any atom is 0.244 e. The lowest BCUT2D eigenvalue weighted by Gasteiger charge is -2.33. The molecule has 0 spiro atoms. The number of anilines is 2. The van der Waals surface area contributed by atoms with Gasteiger partial charge in [0.05, 0.1) is 6.04 Å². The minimum atomic E-state index is -0.0120. The fraction of sp³-hybridized carbons (Fsp3) is 0.588. The highest BCUT2D eigenvalue weighted by molar-refractivity contribution is 5.98. The van der Waals surface area contributed by atoms with Crippen LogP contribution in [0.2, 0.25) is 0 Å². The zero-order chi connectivity index (χ0) is 14.7. The Hall–Kier alpha value is -1.55. The summed E-state index contributed by atoms with van der Waals surface area (Å²) in [5.74, 6) is 0.219. The van der Waals surface area contributed by atoms with Gasteiger partial charge in [-0.25, -0.2) is 0 Å². The predicted molar refractivity (Wildman–Crippen MR) is 86.9 cm³/mol. The monoisotopic (exact) mass is 287 g/mol. The highest BCUT2D eigenvalue weighted by Crippen LogP contribution is 2.26. The predicted octanol–water partition coefficient (Wildman–Crippen LogP) is 2.39. The Kier molecular flexibility index (Phi) is 4.44. The second kappa shape index (κ2) is 6.48. The summed E-state index contributed by atoms with van der Waals surface area (Å²) in [6, 6.07) is 8.50. The van der Waals surface area contributed by atoms with Gasteiger partial charge in [0, 0.05) is 31.0 Å². The van der Waals surface area contributed by atoms with Crippen LogP contribution in [0.15, 0.2) is 24.3 Å². The molecule has 1 aromatic carbocycles. The highest BCUT2D eigenvalue weighted by Gasteiger charge is 2.28. The van der Waals surface area contributed by atoms with Gasteiger partial charge >= 0.3 is 0 Å². The lowest BCUT2D eigenvalue weighted by atomic mass is 10.0. The van der Waals surface area contributed by atoms with Crippen LogP contribution in [0.5, 0.6) is 0 Å². The van der Waals surface area contributed by atoms with Crippen molar-refractivity contribution in [1.29, 1.82) is 0 Å². The molecule has 4 nitrogen and oxygen atoms in total. The van der Waals surface area contributed by atoms with Gasteiger partial charge in [-0.3, -0.25) is 4.79 Å². The minimum Gasteiger partial charge on any atom is -0.372 e. The summed E-state index contributed by atoms with van der Waals surface area (Å²) in [5.41, 5.74) is 2.31. The number of rotatable bonds is 4. The lowest BCUT2D eigenvalue weighted by molar-refractivity contribution is -0.121. The van der Waals surface area contributed by atoms with E-state index in [9.17, 15) is 4.79 Å². The maximum absolute atomic E-state index is 12.5. The average Bonchev–Trinajstić information content (AvgIpc) is 3.04. The van der Waals surface area contributed by atoms with Gasteiger partial charge in [0.1, 0.15) is 0 Å². The third-order valence-corrected chi connectivity index (χ3v) is 4.52. The van der Waals surface area contributed by atoms with Gasteiger partial charge in [0.15, 0.2) is 0 Å². The van der Waals surface area contributed by atoms with Crippen LogP contribution in [0, 0.1) is 0 Å². The number of nitrogens with one attached hydrogen (secondary N) is 1. The van der Waals surface area contributed by atoms with Crippen LogP contribution in [-0.4, -0.2) is 38.1 Å². The van der Waals surface area contributed by atoms with Crippen molar-refractivity contribution in [3.8, 4) is 0 Å². The van der Waals surface area contributed by atoms with E-state index in [0.717, 1.165) is 44.7 Å². The van der Waals surface area contributed by atoms with Gasteiger partial charge in [-0.2, -0.15) is 0 Å². The standard InChI is InChI=1S/C17H25N3O/c1-2-18-16-6-5-13-20(17(16)21)15-9-7-14(8-10-15)19-11-3-4-12-19/h7-10,16,18H,2-6,11-13H2,1H3. The molecule has 2 aliphatic rings. The molecule has 1 atom stereocenters. The van der Waals surface area contributed by atoms with E-state index in [1.54, 1.807) is 0 Å². The zero-order valence-electron chi connectivity index (χ0n) is 12.8. The van der Waals surface area contributed by atoms with Gasteiger partial charge in [-0.1, -0.05) is 6.92 Å². The molecule has 2 fully saturated rings. The Bertz CT molecular complexity index is 477. The topological polar surface area (TPSA) is 35.6 Å². The fourth-order valence-corrected chi connectivity index (χ4v) is 3.39. The summed E-state index contributed by atoms with van der Waals surface area (Å²) in [6.07, 6.45) is 4.60. The number of benzene rings is 1. The summed E-state index contributed by atoms with van der Waals surface area (Å²) in [5, 5.41) is 3.29. The molecule has 2 saturated heterocycles. The molecule has 0 saturated carbocycles. The first-order chi connectivity index (χ1) is 10.3. The number of amides is 1. The van der Waals surface area contributed by atoms with Gasteiger partial charge in [-0.15, -0.1) is 0 Å². The Morgan fingerprint density at radius 3 is 2.38 bits per heavy atom. The van der Waals surface area contributed by atoms with Gasteiger partial charge in [0.2, 0.25) is 5.91 Å². The van der Waals surface area contributed by atoms with Crippen LogP contribution >= 0.6 is 0 Å². The molecule has 0 aliphatic carbocycles. The first-order valence-corrected chi connectivity index (χ1v) is 8.19. The van der Waals surface area contributed by atoms with Crippen molar-refractivity contribution in [3.05, 3.63) is 24.3 Å². The molecule has 1 amide bonds. The number of likely N-dealkylation sites (N-methyl/N-ethyl adjacent to an activating group) is 1. The first-order valence-electron chi connectivity index (χ1n) is 8.19. The largest absolute Gasteiger partial charge is 0.372 e. The average molecular weight is 287 g/mol. The normalized spacial score (nSPS) is 22.9. The van der Waals surface area contributed by atoms with Crippen LogP contribution < -0.4 is 15.1 Å². The van der Waals surface area contributed by atoms with E-state index in [-0.39, 0.29) is 11.9 Å². The van der Waals surface area contributed by atoms with Crippen LogP contribution in [0.3, 0.4) is 0 Å². The van der Waals surface area contributed by atoms with Crippen LogP contribution in [0.1, 0.15) is 32.6 Å². The maximum atomic E-state index is 12.5. The molecule has 1 aromatic rings. The first kappa shape index (κ1) is 14.4. The Morgan fingerprint density at radius 1 is 1.05 bits per heavy atom. The Labute approximate surface area is 127 Å². The van der Waals surface area contributed by atoms with Crippen molar-refractivity contribution in [2.75, 3.05) is 36.0 Å². The smallest absolute Gasteiger partial charge is 0.244 e. The van der Waals surface area contributed by atoms with E-state index in [4.69, 9.17) is 0 Å². The van der Waals surface area contributed by atoms with E-state index in [0.29, 0.717) is 0 Å². The SMILES string of the molecule is CCNC1CCCN(c2ccc(N3CCCC3)cc2)C1=O. The van der Waals surface area contributed by atoms with Gasteiger partial charge in [0.25, 0.3) is 0 Å².